The number of nitrogens with zero attached hydrogens (tertiary/aromatic N) is 3. The number of carbonyl (C=O) groups is 1. The van der Waals surface area contributed by atoms with E-state index in [1.54, 1.807) is 12.3 Å². The summed E-state index contributed by atoms with van der Waals surface area (Å²) in [5.41, 5.74) is 10.5. The molecular formula is C27H36N4O2. The lowest BCUT2D eigenvalue weighted by atomic mass is 9.71. The lowest BCUT2D eigenvalue weighted by Crippen LogP contribution is -2.48. The van der Waals surface area contributed by atoms with Crippen LogP contribution in [0.25, 0.3) is 0 Å². The third-order valence-electron chi connectivity index (χ3n) is 8.00. The van der Waals surface area contributed by atoms with Crippen LogP contribution in [0.3, 0.4) is 0 Å². The summed E-state index contributed by atoms with van der Waals surface area (Å²) in [6.07, 6.45) is 7.30. The number of amides is 1. The molecule has 0 radical (unpaired) electrons. The molecule has 1 spiro atoms. The fraction of sp³-hybridized carbons (Fsp3) is 0.556. The molecule has 0 saturated carbocycles. The monoisotopic (exact) mass is 448 g/mol. The highest BCUT2D eigenvalue weighted by Crippen LogP contribution is 2.43. The molecule has 0 bridgehead atoms. The van der Waals surface area contributed by atoms with Gasteiger partial charge in [-0.1, -0.05) is 12.1 Å². The number of hydrogen-bond donors (Lipinski definition) is 1. The molecule has 1 aromatic carbocycles. The van der Waals surface area contributed by atoms with E-state index in [-0.39, 0.29) is 11.5 Å². The van der Waals surface area contributed by atoms with Crippen molar-refractivity contribution < 1.29 is 9.53 Å². The minimum atomic E-state index is -0.101. The van der Waals surface area contributed by atoms with Crippen LogP contribution in [-0.2, 0) is 13.0 Å². The summed E-state index contributed by atoms with van der Waals surface area (Å²) >= 11 is 0. The maximum Gasteiger partial charge on any atom is 0.254 e. The molecule has 1 amide bonds. The van der Waals surface area contributed by atoms with Crippen LogP contribution in [0.2, 0.25) is 0 Å². The number of ether oxygens (including phenoxy) is 1. The molecule has 2 N–H and O–H groups in total. The van der Waals surface area contributed by atoms with Crippen LogP contribution < -0.4 is 10.5 Å². The third-order valence-corrected chi connectivity index (χ3v) is 8.00. The zero-order chi connectivity index (χ0) is 23.2. The Bertz CT molecular complexity index is 1050. The van der Waals surface area contributed by atoms with Crippen molar-refractivity contribution in [2.45, 2.75) is 65.0 Å². The fourth-order valence-electron chi connectivity index (χ4n) is 5.87. The third kappa shape index (κ3) is 4.45. The van der Waals surface area contributed by atoms with Crippen molar-refractivity contribution in [1.82, 2.24) is 14.8 Å². The Morgan fingerprint density at radius 1 is 1.12 bits per heavy atom. The lowest BCUT2D eigenvalue weighted by Gasteiger charge is -2.47. The van der Waals surface area contributed by atoms with Crippen molar-refractivity contribution in [3.05, 3.63) is 52.7 Å². The Morgan fingerprint density at radius 2 is 1.82 bits per heavy atom. The summed E-state index contributed by atoms with van der Waals surface area (Å²) in [5, 5.41) is 0. The smallest absolute Gasteiger partial charge is 0.254 e. The van der Waals surface area contributed by atoms with Crippen LogP contribution in [-0.4, -0.2) is 52.5 Å². The van der Waals surface area contributed by atoms with E-state index in [2.05, 4.69) is 41.9 Å². The molecule has 2 saturated heterocycles. The van der Waals surface area contributed by atoms with E-state index in [9.17, 15) is 4.79 Å². The van der Waals surface area contributed by atoms with Gasteiger partial charge in [0.05, 0.1) is 0 Å². The topological polar surface area (TPSA) is 71.7 Å². The lowest BCUT2D eigenvalue weighted by molar-refractivity contribution is 0.0284. The number of nitrogen functional groups attached to an aromatic ring is 1. The highest BCUT2D eigenvalue weighted by atomic mass is 16.5. The second-order valence-electron chi connectivity index (χ2n) is 10.9. The van der Waals surface area contributed by atoms with E-state index in [1.165, 1.54) is 24.0 Å². The first-order valence-corrected chi connectivity index (χ1v) is 12.3. The normalized spacial score (nSPS) is 21.6. The number of pyridine rings is 1. The van der Waals surface area contributed by atoms with E-state index in [1.807, 2.05) is 11.8 Å². The predicted octanol–water partition coefficient (Wildman–Crippen LogP) is 4.20. The number of carbonyl (C=O) groups excluding carboxylic acids is 1. The van der Waals surface area contributed by atoms with Gasteiger partial charge < -0.3 is 15.4 Å². The molecule has 1 aromatic heterocycles. The van der Waals surface area contributed by atoms with Gasteiger partial charge in [-0.15, -0.1) is 0 Å². The first-order chi connectivity index (χ1) is 15.7. The average Bonchev–Trinajstić information content (AvgIpc) is 3.12. The molecule has 3 aliphatic rings. The number of aromatic nitrogens is 1. The Balaban J connectivity index is 1.17. The molecule has 6 nitrogen and oxygen atoms in total. The average molecular weight is 449 g/mol. The standard InChI is InChI=1S/C27H36N4O2/c1-19-17-29-24(28)15-21(19)25(32)31-13-9-27(10-14-31)7-11-30(12-8-27)18-20-5-4-6-23-22(20)16-26(2,3)33-23/h4-6,15,17H,7-14,16,18H2,1-3H3,(H2,28,29). The largest absolute Gasteiger partial charge is 0.487 e. The molecule has 2 aromatic rings. The Labute approximate surface area is 197 Å². The number of rotatable bonds is 3. The van der Waals surface area contributed by atoms with Gasteiger partial charge in [0.2, 0.25) is 0 Å². The molecule has 6 heteroatoms. The van der Waals surface area contributed by atoms with Crippen molar-refractivity contribution in [3.63, 3.8) is 0 Å². The van der Waals surface area contributed by atoms with Crippen LogP contribution >= 0.6 is 0 Å². The van der Waals surface area contributed by atoms with Crippen molar-refractivity contribution >= 4 is 11.7 Å². The summed E-state index contributed by atoms with van der Waals surface area (Å²) in [7, 11) is 0. The van der Waals surface area contributed by atoms with Gasteiger partial charge >= 0.3 is 0 Å². The van der Waals surface area contributed by atoms with Crippen LogP contribution in [0.4, 0.5) is 5.82 Å². The van der Waals surface area contributed by atoms with Gasteiger partial charge in [0, 0.05) is 43.4 Å². The Hall–Kier alpha value is -2.60. The van der Waals surface area contributed by atoms with E-state index < -0.39 is 0 Å². The molecule has 0 unspecified atom stereocenters. The molecule has 5 rings (SSSR count). The molecule has 33 heavy (non-hydrogen) atoms. The minimum absolute atomic E-state index is 0.0944. The minimum Gasteiger partial charge on any atom is -0.487 e. The molecule has 0 aliphatic carbocycles. The fourth-order valence-corrected chi connectivity index (χ4v) is 5.87. The first-order valence-electron chi connectivity index (χ1n) is 12.3. The summed E-state index contributed by atoms with van der Waals surface area (Å²) in [6, 6.07) is 8.22. The summed E-state index contributed by atoms with van der Waals surface area (Å²) in [5.74, 6) is 1.56. The number of hydrogen-bond acceptors (Lipinski definition) is 5. The van der Waals surface area contributed by atoms with Crippen LogP contribution in [0.1, 0.15) is 66.6 Å². The number of benzene rings is 1. The second kappa shape index (κ2) is 8.32. The van der Waals surface area contributed by atoms with E-state index in [4.69, 9.17) is 10.5 Å². The number of aryl methyl sites for hydroxylation is 1. The van der Waals surface area contributed by atoms with E-state index in [0.717, 1.165) is 63.3 Å². The van der Waals surface area contributed by atoms with Gasteiger partial charge in [-0.05, 0) is 88.2 Å². The zero-order valence-corrected chi connectivity index (χ0v) is 20.2. The highest BCUT2D eigenvalue weighted by Gasteiger charge is 2.39. The molecule has 0 atom stereocenters. The van der Waals surface area contributed by atoms with Gasteiger partial charge in [-0.2, -0.15) is 0 Å². The van der Waals surface area contributed by atoms with Crippen molar-refractivity contribution in [3.8, 4) is 5.75 Å². The Kier molecular flexibility index (Phi) is 5.60. The quantitative estimate of drug-likeness (QED) is 0.762. The number of fused-ring (bicyclic) bond motifs is 1. The first kappa shape index (κ1) is 22.2. The van der Waals surface area contributed by atoms with Crippen LogP contribution in [0.5, 0.6) is 5.75 Å². The molecule has 2 fully saturated rings. The zero-order valence-electron chi connectivity index (χ0n) is 20.2. The SMILES string of the molecule is Cc1cnc(N)cc1C(=O)N1CCC2(CCN(Cc3cccc4c3CC(C)(C)O4)CC2)CC1. The number of likely N-dealkylation sites (tertiary alicyclic amines) is 2. The predicted molar refractivity (Wildman–Crippen MR) is 130 cm³/mol. The van der Waals surface area contributed by atoms with Crippen molar-refractivity contribution in [2.75, 3.05) is 31.9 Å². The summed E-state index contributed by atoms with van der Waals surface area (Å²) in [4.78, 5) is 21.8. The van der Waals surface area contributed by atoms with Gasteiger partial charge in [0.25, 0.3) is 5.91 Å². The molecule has 176 valence electrons. The maximum atomic E-state index is 13.1. The maximum absolute atomic E-state index is 13.1. The summed E-state index contributed by atoms with van der Waals surface area (Å²) < 4.78 is 6.13. The van der Waals surface area contributed by atoms with Gasteiger partial charge in [-0.3, -0.25) is 9.69 Å². The molecule has 4 heterocycles. The Morgan fingerprint density at radius 3 is 2.55 bits per heavy atom. The molecular weight excluding hydrogens is 412 g/mol. The number of nitrogens with two attached hydrogens (primary N) is 1. The molecule has 3 aliphatic heterocycles. The van der Waals surface area contributed by atoms with Gasteiger partial charge in [-0.25, -0.2) is 4.98 Å². The number of piperidine rings is 2. The second-order valence-corrected chi connectivity index (χ2v) is 10.9. The highest BCUT2D eigenvalue weighted by molar-refractivity contribution is 5.96. The van der Waals surface area contributed by atoms with Crippen LogP contribution in [0, 0.1) is 12.3 Å². The van der Waals surface area contributed by atoms with Crippen molar-refractivity contribution in [2.24, 2.45) is 5.41 Å². The van der Waals surface area contributed by atoms with Gasteiger partial charge in [0.1, 0.15) is 17.2 Å². The van der Waals surface area contributed by atoms with Gasteiger partial charge in [0.15, 0.2) is 0 Å². The van der Waals surface area contributed by atoms with E-state index in [0.29, 0.717) is 16.8 Å². The van der Waals surface area contributed by atoms with E-state index >= 15 is 0 Å². The number of anilines is 1. The van der Waals surface area contributed by atoms with Crippen molar-refractivity contribution in [1.29, 1.82) is 0 Å². The van der Waals surface area contributed by atoms with Crippen LogP contribution in [0.15, 0.2) is 30.5 Å². The summed E-state index contributed by atoms with van der Waals surface area (Å²) in [6.45, 7) is 11.2.